The number of carbonyl (C=O) groups is 2. The standard InChI is InChI=1S/C10H8ClNO5/c1-2-17-10(14)7-4-8(11)9(12(15)16)3-6(7)5-13/h3-5H,2H2,1H3. The quantitative estimate of drug-likeness (QED) is 0.357. The number of nitrogens with zero attached hydrogens (tertiary/aromatic N) is 1. The van der Waals surface area contributed by atoms with E-state index in [4.69, 9.17) is 16.3 Å². The lowest BCUT2D eigenvalue weighted by atomic mass is 10.1. The van der Waals surface area contributed by atoms with Gasteiger partial charge in [-0.3, -0.25) is 14.9 Å². The summed E-state index contributed by atoms with van der Waals surface area (Å²) >= 11 is 5.63. The molecule has 0 saturated carbocycles. The number of ether oxygens (including phenoxy) is 1. The number of rotatable bonds is 4. The number of nitro groups is 1. The number of benzene rings is 1. The molecule has 0 unspecified atom stereocenters. The molecule has 6 nitrogen and oxygen atoms in total. The SMILES string of the molecule is CCOC(=O)c1cc(Cl)c([N+](=O)[O-])cc1C=O. The van der Waals surface area contributed by atoms with Gasteiger partial charge in [0.25, 0.3) is 5.69 Å². The smallest absolute Gasteiger partial charge is 0.338 e. The summed E-state index contributed by atoms with van der Waals surface area (Å²) in [6.45, 7) is 1.73. The van der Waals surface area contributed by atoms with E-state index in [9.17, 15) is 19.7 Å². The highest BCUT2D eigenvalue weighted by Crippen LogP contribution is 2.27. The number of carbonyl (C=O) groups excluding carboxylic acids is 2. The average Bonchev–Trinajstić information content (AvgIpc) is 2.28. The molecule has 1 aromatic rings. The molecule has 0 aliphatic carbocycles. The molecular weight excluding hydrogens is 250 g/mol. The summed E-state index contributed by atoms with van der Waals surface area (Å²) in [6, 6.07) is 2.00. The monoisotopic (exact) mass is 257 g/mol. The summed E-state index contributed by atoms with van der Waals surface area (Å²) in [5, 5.41) is 10.4. The van der Waals surface area contributed by atoms with Gasteiger partial charge in [0.05, 0.1) is 17.1 Å². The van der Waals surface area contributed by atoms with E-state index in [2.05, 4.69) is 0 Å². The molecule has 7 heteroatoms. The molecule has 0 spiro atoms. The van der Waals surface area contributed by atoms with Crippen molar-refractivity contribution >= 4 is 29.5 Å². The van der Waals surface area contributed by atoms with Crippen LogP contribution >= 0.6 is 11.6 Å². The van der Waals surface area contributed by atoms with Gasteiger partial charge < -0.3 is 4.74 Å². The third kappa shape index (κ3) is 2.79. The second-order valence-electron chi connectivity index (χ2n) is 2.99. The third-order valence-corrected chi connectivity index (χ3v) is 2.24. The third-order valence-electron chi connectivity index (χ3n) is 1.94. The second kappa shape index (κ2) is 5.40. The Kier molecular flexibility index (Phi) is 4.17. The van der Waals surface area contributed by atoms with Crippen molar-refractivity contribution < 1.29 is 19.2 Å². The number of hydrogen-bond acceptors (Lipinski definition) is 5. The fourth-order valence-electron chi connectivity index (χ4n) is 1.20. The highest BCUT2D eigenvalue weighted by molar-refractivity contribution is 6.33. The van der Waals surface area contributed by atoms with Gasteiger partial charge in [-0.25, -0.2) is 4.79 Å². The molecular formula is C10H8ClNO5. The van der Waals surface area contributed by atoms with Crippen LogP contribution in [-0.2, 0) is 4.74 Å². The molecule has 0 radical (unpaired) electrons. The van der Waals surface area contributed by atoms with Crippen LogP contribution in [0.3, 0.4) is 0 Å². The van der Waals surface area contributed by atoms with Gasteiger partial charge in [-0.2, -0.15) is 0 Å². The first-order valence-electron chi connectivity index (χ1n) is 4.61. The van der Waals surface area contributed by atoms with Gasteiger partial charge in [0.1, 0.15) is 5.02 Å². The largest absolute Gasteiger partial charge is 0.462 e. The zero-order chi connectivity index (χ0) is 13.0. The Bertz CT molecular complexity index is 486. The minimum atomic E-state index is -0.744. The minimum Gasteiger partial charge on any atom is -0.462 e. The minimum absolute atomic E-state index is 0.0857. The van der Waals surface area contributed by atoms with E-state index >= 15 is 0 Å². The maximum absolute atomic E-state index is 11.4. The highest BCUT2D eigenvalue weighted by Gasteiger charge is 2.20. The summed E-state index contributed by atoms with van der Waals surface area (Å²) in [4.78, 5) is 32.1. The van der Waals surface area contributed by atoms with Crippen molar-refractivity contribution in [1.82, 2.24) is 0 Å². The van der Waals surface area contributed by atoms with Crippen LogP contribution in [0.25, 0.3) is 0 Å². The molecule has 1 rings (SSSR count). The van der Waals surface area contributed by atoms with E-state index in [1.54, 1.807) is 6.92 Å². The summed E-state index contributed by atoms with van der Waals surface area (Å²) in [5.41, 5.74) is -0.640. The molecule has 0 atom stereocenters. The maximum Gasteiger partial charge on any atom is 0.338 e. The Balaban J connectivity index is 3.33. The predicted molar refractivity (Wildman–Crippen MR) is 59.5 cm³/mol. The van der Waals surface area contributed by atoms with Gasteiger partial charge in [-0.15, -0.1) is 0 Å². The van der Waals surface area contributed by atoms with Crippen molar-refractivity contribution in [3.8, 4) is 0 Å². The van der Waals surface area contributed by atoms with Crippen molar-refractivity contribution in [1.29, 1.82) is 0 Å². The zero-order valence-electron chi connectivity index (χ0n) is 8.81. The van der Waals surface area contributed by atoms with Crippen LogP contribution in [0.5, 0.6) is 0 Å². The van der Waals surface area contributed by atoms with E-state index in [1.807, 2.05) is 0 Å². The topological polar surface area (TPSA) is 86.5 Å². The molecule has 0 N–H and O–H groups in total. The molecule has 17 heavy (non-hydrogen) atoms. The van der Waals surface area contributed by atoms with Crippen LogP contribution < -0.4 is 0 Å². The van der Waals surface area contributed by atoms with Crippen LogP contribution in [0, 0.1) is 10.1 Å². The number of hydrogen-bond donors (Lipinski definition) is 0. The van der Waals surface area contributed by atoms with Crippen molar-refractivity contribution in [3.05, 3.63) is 38.4 Å². The molecule has 0 saturated heterocycles. The average molecular weight is 258 g/mol. The molecule has 0 amide bonds. The molecule has 0 bridgehead atoms. The van der Waals surface area contributed by atoms with Gasteiger partial charge in [0.15, 0.2) is 6.29 Å². The Labute approximate surface area is 101 Å². The summed E-state index contributed by atoms with van der Waals surface area (Å²) in [6.07, 6.45) is 0.343. The molecule has 0 fully saturated rings. The Hall–Kier alpha value is -1.95. The fourth-order valence-corrected chi connectivity index (χ4v) is 1.43. The number of esters is 1. The molecule has 90 valence electrons. The van der Waals surface area contributed by atoms with E-state index < -0.39 is 16.6 Å². The van der Waals surface area contributed by atoms with E-state index in [0.717, 1.165) is 12.1 Å². The van der Waals surface area contributed by atoms with Crippen molar-refractivity contribution in [2.75, 3.05) is 6.61 Å². The van der Waals surface area contributed by atoms with Gasteiger partial charge in [0.2, 0.25) is 0 Å². The van der Waals surface area contributed by atoms with Crippen LogP contribution in [0.15, 0.2) is 12.1 Å². The number of halogens is 1. The summed E-state index contributed by atoms with van der Waals surface area (Å²) in [7, 11) is 0. The lowest BCUT2D eigenvalue weighted by molar-refractivity contribution is -0.384. The van der Waals surface area contributed by atoms with Crippen molar-refractivity contribution in [3.63, 3.8) is 0 Å². The van der Waals surface area contributed by atoms with E-state index in [1.165, 1.54) is 0 Å². The Morgan fingerprint density at radius 2 is 2.24 bits per heavy atom. The predicted octanol–water partition coefficient (Wildman–Crippen LogP) is 2.24. The fraction of sp³-hybridized carbons (Fsp3) is 0.200. The van der Waals surface area contributed by atoms with Crippen molar-refractivity contribution in [2.24, 2.45) is 0 Å². The van der Waals surface area contributed by atoms with Gasteiger partial charge in [-0.1, -0.05) is 11.6 Å². The van der Waals surface area contributed by atoms with Gasteiger partial charge >= 0.3 is 5.97 Å². The van der Waals surface area contributed by atoms with Crippen LogP contribution in [-0.4, -0.2) is 23.8 Å². The first-order chi connectivity index (χ1) is 8.01. The number of aldehydes is 1. The van der Waals surface area contributed by atoms with E-state index in [-0.39, 0.29) is 22.8 Å². The van der Waals surface area contributed by atoms with Crippen LogP contribution in [0.1, 0.15) is 27.6 Å². The lowest BCUT2D eigenvalue weighted by Crippen LogP contribution is -2.08. The molecule has 0 aliphatic heterocycles. The molecule has 0 aromatic heterocycles. The number of nitro benzene ring substituents is 1. The first kappa shape index (κ1) is 13.1. The zero-order valence-corrected chi connectivity index (χ0v) is 9.56. The molecule has 0 heterocycles. The Morgan fingerprint density at radius 1 is 1.59 bits per heavy atom. The van der Waals surface area contributed by atoms with Crippen molar-refractivity contribution in [2.45, 2.75) is 6.92 Å². The molecule has 1 aromatic carbocycles. The highest BCUT2D eigenvalue weighted by atomic mass is 35.5. The normalized spacial score (nSPS) is 9.76. The van der Waals surface area contributed by atoms with Crippen LogP contribution in [0.4, 0.5) is 5.69 Å². The first-order valence-corrected chi connectivity index (χ1v) is 4.99. The van der Waals surface area contributed by atoms with Gasteiger partial charge in [-0.05, 0) is 13.0 Å². The second-order valence-corrected chi connectivity index (χ2v) is 3.39. The lowest BCUT2D eigenvalue weighted by Gasteiger charge is -2.05. The molecule has 0 aliphatic rings. The summed E-state index contributed by atoms with van der Waals surface area (Å²) < 4.78 is 4.70. The maximum atomic E-state index is 11.4. The van der Waals surface area contributed by atoms with Gasteiger partial charge in [0, 0.05) is 11.6 Å². The summed E-state index contributed by atoms with van der Waals surface area (Å²) in [5.74, 6) is -0.744. The van der Waals surface area contributed by atoms with E-state index in [0.29, 0.717) is 6.29 Å². The van der Waals surface area contributed by atoms with Crippen LogP contribution in [0.2, 0.25) is 5.02 Å². The Morgan fingerprint density at radius 3 is 2.71 bits per heavy atom.